The Kier molecular flexibility index (Phi) is 4.89. The number of rotatable bonds is 2. The first-order valence-corrected chi connectivity index (χ1v) is 7.64. The molecule has 0 bridgehead atoms. The summed E-state index contributed by atoms with van der Waals surface area (Å²) >= 11 is 0. The zero-order chi connectivity index (χ0) is 16.7. The summed E-state index contributed by atoms with van der Waals surface area (Å²) in [4.78, 5) is 21.2. The molecule has 0 spiro atoms. The average Bonchev–Trinajstić information content (AvgIpc) is 2.59. The van der Waals surface area contributed by atoms with Crippen LogP contribution < -0.4 is 15.4 Å². The number of nitrogens with one attached hydrogen (secondary N) is 2. The molecule has 1 unspecified atom stereocenters. The molecular weight excluding hydrogens is 511 g/mol. The Labute approximate surface area is 165 Å². The van der Waals surface area contributed by atoms with E-state index in [1.807, 2.05) is 49.4 Å². The van der Waals surface area contributed by atoms with Crippen molar-refractivity contribution >= 4 is 49.9 Å². The van der Waals surface area contributed by atoms with Gasteiger partial charge < -0.3 is 15.4 Å². The second-order valence-corrected chi connectivity index (χ2v) is 5.66. The number of hydrogen-bond donors (Lipinski definition) is 2. The summed E-state index contributed by atoms with van der Waals surface area (Å²) in [5.74, 6) is 1.37. The van der Waals surface area contributed by atoms with Crippen LogP contribution in [0.5, 0.6) is 5.75 Å². The standard InChI is InChI=1S/C18H16N4O2.Pb/c1-10-19-14-6-4-3-5-12(14)16(20-10)17-13-8-7-11(24-2)9-15(13)21-18(23)22-17;/h3-9,17H,1-2H3,(H2,21,22,23);. The zero-order valence-corrected chi connectivity index (χ0v) is 17.7. The van der Waals surface area contributed by atoms with Crippen LogP contribution in [0.15, 0.2) is 42.5 Å². The third-order valence-corrected chi connectivity index (χ3v) is 4.11. The van der Waals surface area contributed by atoms with Crippen molar-refractivity contribution in [2.24, 2.45) is 0 Å². The van der Waals surface area contributed by atoms with Gasteiger partial charge in [-0.05, 0) is 19.1 Å². The van der Waals surface area contributed by atoms with Gasteiger partial charge in [0.25, 0.3) is 0 Å². The molecule has 1 atom stereocenters. The van der Waals surface area contributed by atoms with Crippen LogP contribution in [0.2, 0.25) is 0 Å². The van der Waals surface area contributed by atoms with E-state index in [-0.39, 0.29) is 39.4 Å². The zero-order valence-electron chi connectivity index (χ0n) is 13.8. The minimum Gasteiger partial charge on any atom is -0.497 e. The molecule has 2 N–H and O–H groups in total. The number of carbonyl (C=O) groups is 1. The molecule has 0 saturated heterocycles. The Hall–Kier alpha value is -2.23. The van der Waals surface area contributed by atoms with E-state index in [0.29, 0.717) is 11.6 Å². The molecule has 7 heteroatoms. The number of nitrogens with zero attached hydrogens (tertiary/aromatic N) is 2. The van der Waals surface area contributed by atoms with Crippen molar-refractivity contribution in [3.8, 4) is 5.75 Å². The summed E-state index contributed by atoms with van der Waals surface area (Å²) < 4.78 is 5.25. The van der Waals surface area contributed by atoms with Gasteiger partial charge in [0.15, 0.2) is 0 Å². The number of aromatic nitrogens is 2. The van der Waals surface area contributed by atoms with Gasteiger partial charge in [0, 0.05) is 44.3 Å². The quantitative estimate of drug-likeness (QED) is 0.503. The summed E-state index contributed by atoms with van der Waals surface area (Å²) in [6, 6.07) is 12.8. The van der Waals surface area contributed by atoms with Gasteiger partial charge >= 0.3 is 6.03 Å². The van der Waals surface area contributed by atoms with Gasteiger partial charge in [-0.1, -0.05) is 24.3 Å². The second-order valence-electron chi connectivity index (χ2n) is 5.66. The molecule has 0 fully saturated rings. The van der Waals surface area contributed by atoms with Crippen molar-refractivity contribution in [2.45, 2.75) is 13.0 Å². The number of para-hydroxylation sites is 1. The van der Waals surface area contributed by atoms with Crippen LogP contribution >= 0.6 is 0 Å². The topological polar surface area (TPSA) is 76.1 Å². The van der Waals surface area contributed by atoms with E-state index >= 15 is 0 Å². The molecule has 0 saturated carbocycles. The maximum Gasteiger partial charge on any atom is 0.320 e. The predicted octanol–water partition coefficient (Wildman–Crippen LogP) is 2.79. The molecule has 2 aromatic carbocycles. The third kappa shape index (κ3) is 3.18. The minimum absolute atomic E-state index is 0. The van der Waals surface area contributed by atoms with Crippen molar-refractivity contribution < 1.29 is 9.53 Å². The van der Waals surface area contributed by atoms with E-state index in [9.17, 15) is 4.79 Å². The minimum atomic E-state index is -0.341. The Balaban J connectivity index is 0.00000182. The Bertz CT molecular complexity index is 961. The number of anilines is 1. The van der Waals surface area contributed by atoms with Crippen molar-refractivity contribution in [3.05, 3.63) is 59.5 Å². The molecule has 2 heterocycles. The number of methoxy groups -OCH3 is 1. The first-order chi connectivity index (χ1) is 11.7. The van der Waals surface area contributed by atoms with Gasteiger partial charge in [0.2, 0.25) is 0 Å². The van der Waals surface area contributed by atoms with Crippen LogP contribution in [0.25, 0.3) is 10.9 Å². The van der Waals surface area contributed by atoms with Gasteiger partial charge in [-0.2, -0.15) is 0 Å². The van der Waals surface area contributed by atoms with Crippen LogP contribution in [0.3, 0.4) is 0 Å². The van der Waals surface area contributed by atoms with Crippen molar-refractivity contribution in [2.75, 3.05) is 12.4 Å². The fourth-order valence-electron chi connectivity index (χ4n) is 3.05. The number of aryl methyl sites for hydroxylation is 1. The maximum absolute atomic E-state index is 12.1. The van der Waals surface area contributed by atoms with Crippen LogP contribution in [0, 0.1) is 6.92 Å². The molecule has 1 aliphatic rings. The van der Waals surface area contributed by atoms with Crippen LogP contribution in [0.1, 0.15) is 23.1 Å². The van der Waals surface area contributed by atoms with Gasteiger partial charge in [0.05, 0.1) is 24.0 Å². The van der Waals surface area contributed by atoms with E-state index in [1.165, 1.54) is 0 Å². The number of fused-ring (bicyclic) bond motifs is 2. The average molecular weight is 528 g/mol. The SMILES string of the molecule is COc1ccc2c(c1)NC(=O)NC2c1nc(C)nc2ccccc12.[Pb]. The van der Waals surface area contributed by atoms with Gasteiger partial charge in [-0.3, -0.25) is 0 Å². The smallest absolute Gasteiger partial charge is 0.320 e. The molecule has 25 heavy (non-hydrogen) atoms. The van der Waals surface area contributed by atoms with Crippen molar-refractivity contribution in [3.63, 3.8) is 0 Å². The number of hydrogen-bond acceptors (Lipinski definition) is 4. The number of benzene rings is 2. The molecule has 4 radical (unpaired) electrons. The summed E-state index contributed by atoms with van der Waals surface area (Å²) in [5, 5.41) is 6.72. The van der Waals surface area contributed by atoms with Crippen LogP contribution in [-0.2, 0) is 0 Å². The van der Waals surface area contributed by atoms with E-state index in [2.05, 4.69) is 20.6 Å². The Morgan fingerprint density at radius 2 is 1.92 bits per heavy atom. The molecule has 3 aromatic rings. The maximum atomic E-state index is 12.1. The summed E-state index contributed by atoms with van der Waals surface area (Å²) in [6.07, 6.45) is 0. The van der Waals surface area contributed by atoms with E-state index in [0.717, 1.165) is 27.8 Å². The van der Waals surface area contributed by atoms with Gasteiger partial charge in [-0.25, -0.2) is 14.8 Å². The molecule has 1 aromatic heterocycles. The van der Waals surface area contributed by atoms with Crippen LogP contribution in [-0.4, -0.2) is 50.4 Å². The van der Waals surface area contributed by atoms with Gasteiger partial charge in [0.1, 0.15) is 17.6 Å². The number of carbonyl (C=O) groups excluding carboxylic acids is 1. The van der Waals surface area contributed by atoms with Crippen LogP contribution in [0.4, 0.5) is 10.5 Å². The molecule has 2 amide bonds. The first-order valence-electron chi connectivity index (χ1n) is 7.64. The Morgan fingerprint density at radius 3 is 2.72 bits per heavy atom. The Morgan fingerprint density at radius 1 is 1.12 bits per heavy atom. The number of amides is 2. The fraction of sp³-hybridized carbons (Fsp3) is 0.167. The van der Waals surface area contributed by atoms with Gasteiger partial charge in [-0.15, -0.1) is 0 Å². The molecule has 6 nitrogen and oxygen atoms in total. The summed E-state index contributed by atoms with van der Waals surface area (Å²) in [7, 11) is 1.60. The monoisotopic (exact) mass is 528 g/mol. The van der Waals surface area contributed by atoms with Crippen molar-refractivity contribution in [1.82, 2.24) is 15.3 Å². The third-order valence-electron chi connectivity index (χ3n) is 4.11. The first kappa shape index (κ1) is 17.6. The van der Waals surface area contributed by atoms with E-state index < -0.39 is 0 Å². The normalized spacial score (nSPS) is 15.6. The van der Waals surface area contributed by atoms with E-state index in [1.54, 1.807) is 7.11 Å². The fourth-order valence-corrected chi connectivity index (χ4v) is 3.05. The summed E-state index contributed by atoms with van der Waals surface area (Å²) in [6.45, 7) is 1.85. The number of ether oxygens (including phenoxy) is 1. The van der Waals surface area contributed by atoms with Crippen molar-refractivity contribution in [1.29, 1.82) is 0 Å². The molecule has 0 aliphatic carbocycles. The molecular formula is C18H16N4O2Pb. The van der Waals surface area contributed by atoms with E-state index in [4.69, 9.17) is 4.74 Å². The predicted molar refractivity (Wildman–Crippen MR) is 97.0 cm³/mol. The number of urea groups is 1. The summed E-state index contributed by atoms with van der Waals surface area (Å²) in [5.41, 5.74) is 3.32. The molecule has 4 rings (SSSR count). The molecule has 1 aliphatic heterocycles. The largest absolute Gasteiger partial charge is 0.497 e. The second kappa shape index (κ2) is 6.95. The molecule has 124 valence electrons.